The SMILES string of the molecule is COC1CCC2(CC(C)C2)C1. The molecule has 64 valence electrons. The molecule has 0 aromatic carbocycles. The van der Waals surface area contributed by atoms with E-state index in [0.717, 1.165) is 11.3 Å². The normalized spacial score (nSPS) is 49.6. The highest BCUT2D eigenvalue weighted by atomic mass is 16.5. The van der Waals surface area contributed by atoms with E-state index in [1.165, 1.54) is 32.1 Å². The van der Waals surface area contributed by atoms with Crippen LogP contribution in [0.2, 0.25) is 0 Å². The van der Waals surface area contributed by atoms with Gasteiger partial charge in [0.1, 0.15) is 0 Å². The fourth-order valence-corrected chi connectivity index (χ4v) is 3.14. The molecule has 2 fully saturated rings. The third kappa shape index (κ3) is 1.20. The van der Waals surface area contributed by atoms with E-state index >= 15 is 0 Å². The van der Waals surface area contributed by atoms with Gasteiger partial charge in [-0.1, -0.05) is 6.92 Å². The lowest BCUT2D eigenvalue weighted by Gasteiger charge is -2.44. The van der Waals surface area contributed by atoms with Crippen LogP contribution in [0.15, 0.2) is 0 Å². The Morgan fingerprint density at radius 1 is 1.27 bits per heavy atom. The quantitative estimate of drug-likeness (QED) is 0.564. The van der Waals surface area contributed by atoms with Crippen LogP contribution < -0.4 is 0 Å². The van der Waals surface area contributed by atoms with Crippen molar-refractivity contribution in [3.05, 3.63) is 0 Å². The molecule has 0 radical (unpaired) electrons. The summed E-state index contributed by atoms with van der Waals surface area (Å²) >= 11 is 0. The predicted octanol–water partition coefficient (Wildman–Crippen LogP) is 2.60. The average Bonchev–Trinajstić information content (AvgIpc) is 2.31. The van der Waals surface area contributed by atoms with Crippen LogP contribution in [0.3, 0.4) is 0 Å². The van der Waals surface area contributed by atoms with Gasteiger partial charge in [-0.25, -0.2) is 0 Å². The maximum Gasteiger partial charge on any atom is 0.0576 e. The molecule has 2 aliphatic carbocycles. The molecule has 2 saturated carbocycles. The summed E-state index contributed by atoms with van der Waals surface area (Å²) in [5.41, 5.74) is 0.736. The Balaban J connectivity index is 1.89. The van der Waals surface area contributed by atoms with Crippen LogP contribution in [-0.2, 0) is 4.74 Å². The number of ether oxygens (including phenoxy) is 1. The van der Waals surface area contributed by atoms with Gasteiger partial charge in [-0.2, -0.15) is 0 Å². The zero-order valence-corrected chi connectivity index (χ0v) is 7.60. The van der Waals surface area contributed by atoms with Crippen LogP contribution in [0.5, 0.6) is 0 Å². The van der Waals surface area contributed by atoms with E-state index in [2.05, 4.69) is 6.92 Å². The molecule has 1 atom stereocenters. The summed E-state index contributed by atoms with van der Waals surface area (Å²) in [6.45, 7) is 2.37. The van der Waals surface area contributed by atoms with Gasteiger partial charge < -0.3 is 4.74 Å². The first-order valence-electron chi connectivity index (χ1n) is 4.77. The minimum absolute atomic E-state index is 0.586. The summed E-state index contributed by atoms with van der Waals surface area (Å²) in [5.74, 6) is 0.991. The van der Waals surface area contributed by atoms with Crippen LogP contribution >= 0.6 is 0 Å². The van der Waals surface area contributed by atoms with Gasteiger partial charge in [0.2, 0.25) is 0 Å². The molecule has 1 unspecified atom stereocenters. The summed E-state index contributed by atoms with van der Waals surface area (Å²) in [6.07, 6.45) is 7.59. The molecule has 2 rings (SSSR count). The molecule has 1 nitrogen and oxygen atoms in total. The zero-order valence-electron chi connectivity index (χ0n) is 7.60. The highest BCUT2D eigenvalue weighted by Crippen LogP contribution is 2.56. The third-order valence-corrected chi connectivity index (χ3v) is 3.55. The number of hydrogen-bond donors (Lipinski definition) is 0. The van der Waals surface area contributed by atoms with Crippen molar-refractivity contribution in [2.45, 2.75) is 45.1 Å². The Morgan fingerprint density at radius 2 is 2.00 bits per heavy atom. The molecule has 1 heteroatoms. The molecule has 0 amide bonds. The standard InChI is InChI=1S/C10H18O/c1-8-5-10(6-8)4-3-9(7-10)11-2/h8-9H,3-7H2,1-2H3. The van der Waals surface area contributed by atoms with Gasteiger partial charge in [-0.15, -0.1) is 0 Å². The summed E-state index contributed by atoms with van der Waals surface area (Å²) in [7, 11) is 1.85. The fourth-order valence-electron chi connectivity index (χ4n) is 3.14. The Hall–Kier alpha value is -0.0400. The molecule has 0 N–H and O–H groups in total. The van der Waals surface area contributed by atoms with Gasteiger partial charge >= 0.3 is 0 Å². The first-order valence-corrected chi connectivity index (χ1v) is 4.77. The summed E-state index contributed by atoms with van der Waals surface area (Å²) < 4.78 is 5.38. The van der Waals surface area contributed by atoms with Crippen molar-refractivity contribution >= 4 is 0 Å². The largest absolute Gasteiger partial charge is 0.381 e. The molecule has 0 aromatic heterocycles. The minimum Gasteiger partial charge on any atom is -0.381 e. The van der Waals surface area contributed by atoms with Gasteiger partial charge in [0.05, 0.1) is 6.10 Å². The lowest BCUT2D eigenvalue weighted by molar-refractivity contribution is 0.0396. The van der Waals surface area contributed by atoms with E-state index in [-0.39, 0.29) is 0 Å². The topological polar surface area (TPSA) is 9.23 Å². The average molecular weight is 154 g/mol. The molecule has 0 aromatic rings. The van der Waals surface area contributed by atoms with Crippen molar-refractivity contribution in [2.75, 3.05) is 7.11 Å². The van der Waals surface area contributed by atoms with E-state index in [9.17, 15) is 0 Å². The number of hydrogen-bond acceptors (Lipinski definition) is 1. The van der Waals surface area contributed by atoms with Gasteiger partial charge in [0.25, 0.3) is 0 Å². The lowest BCUT2D eigenvalue weighted by atomic mass is 9.62. The highest BCUT2D eigenvalue weighted by molar-refractivity contribution is 4.98. The second-order valence-corrected chi connectivity index (χ2v) is 4.61. The Morgan fingerprint density at radius 3 is 2.45 bits per heavy atom. The zero-order chi connectivity index (χ0) is 7.90. The van der Waals surface area contributed by atoms with Crippen molar-refractivity contribution in [1.29, 1.82) is 0 Å². The van der Waals surface area contributed by atoms with Gasteiger partial charge in [-0.05, 0) is 43.4 Å². The predicted molar refractivity (Wildman–Crippen MR) is 45.5 cm³/mol. The van der Waals surface area contributed by atoms with Crippen molar-refractivity contribution in [3.63, 3.8) is 0 Å². The van der Waals surface area contributed by atoms with E-state index < -0.39 is 0 Å². The molecule has 11 heavy (non-hydrogen) atoms. The first-order chi connectivity index (χ1) is 5.24. The number of rotatable bonds is 1. The Labute approximate surface area is 69.1 Å². The van der Waals surface area contributed by atoms with E-state index in [1.54, 1.807) is 0 Å². The van der Waals surface area contributed by atoms with Crippen molar-refractivity contribution in [3.8, 4) is 0 Å². The summed E-state index contributed by atoms with van der Waals surface area (Å²) in [5, 5.41) is 0. The maximum atomic E-state index is 5.38. The third-order valence-electron chi connectivity index (χ3n) is 3.55. The smallest absolute Gasteiger partial charge is 0.0576 e. The Kier molecular flexibility index (Phi) is 1.71. The molecule has 0 saturated heterocycles. The van der Waals surface area contributed by atoms with Crippen LogP contribution in [0.1, 0.15) is 39.0 Å². The molecule has 1 spiro atoms. The molecule has 0 bridgehead atoms. The van der Waals surface area contributed by atoms with Crippen LogP contribution in [0.25, 0.3) is 0 Å². The van der Waals surface area contributed by atoms with Crippen molar-refractivity contribution in [2.24, 2.45) is 11.3 Å². The van der Waals surface area contributed by atoms with Gasteiger partial charge in [0, 0.05) is 7.11 Å². The number of methoxy groups -OCH3 is 1. The minimum atomic E-state index is 0.586. The van der Waals surface area contributed by atoms with Crippen molar-refractivity contribution < 1.29 is 4.74 Å². The molecular formula is C10H18O. The van der Waals surface area contributed by atoms with Crippen LogP contribution in [0, 0.1) is 11.3 Å². The van der Waals surface area contributed by atoms with Gasteiger partial charge in [-0.3, -0.25) is 0 Å². The molecular weight excluding hydrogens is 136 g/mol. The van der Waals surface area contributed by atoms with Crippen LogP contribution in [0.4, 0.5) is 0 Å². The maximum absolute atomic E-state index is 5.38. The summed E-state index contributed by atoms with van der Waals surface area (Å²) in [4.78, 5) is 0. The van der Waals surface area contributed by atoms with E-state index in [4.69, 9.17) is 4.74 Å². The highest BCUT2D eigenvalue weighted by Gasteiger charge is 2.46. The Bertz CT molecular complexity index is 147. The van der Waals surface area contributed by atoms with Crippen molar-refractivity contribution in [1.82, 2.24) is 0 Å². The first kappa shape index (κ1) is 7.60. The van der Waals surface area contributed by atoms with Gasteiger partial charge in [0.15, 0.2) is 0 Å². The fraction of sp³-hybridized carbons (Fsp3) is 1.00. The second kappa shape index (κ2) is 2.48. The summed E-state index contributed by atoms with van der Waals surface area (Å²) in [6, 6.07) is 0. The van der Waals surface area contributed by atoms with E-state index in [1.807, 2.05) is 7.11 Å². The van der Waals surface area contributed by atoms with Crippen LogP contribution in [-0.4, -0.2) is 13.2 Å². The molecule has 2 aliphatic rings. The second-order valence-electron chi connectivity index (χ2n) is 4.61. The monoisotopic (exact) mass is 154 g/mol. The molecule has 0 heterocycles. The molecule has 0 aliphatic heterocycles. The van der Waals surface area contributed by atoms with E-state index in [0.29, 0.717) is 6.10 Å². The lowest BCUT2D eigenvalue weighted by Crippen LogP contribution is -2.33.